The van der Waals surface area contributed by atoms with Crippen molar-refractivity contribution in [3.63, 3.8) is 0 Å². The van der Waals surface area contributed by atoms with Crippen LogP contribution >= 0.6 is 0 Å². The summed E-state index contributed by atoms with van der Waals surface area (Å²) in [5, 5.41) is 5.93. The summed E-state index contributed by atoms with van der Waals surface area (Å²) >= 11 is 0. The van der Waals surface area contributed by atoms with Crippen molar-refractivity contribution >= 4 is 22.6 Å². The van der Waals surface area contributed by atoms with Gasteiger partial charge in [-0.05, 0) is 36.4 Å². The van der Waals surface area contributed by atoms with Crippen LogP contribution in [0.15, 0.2) is 54.9 Å². The number of carbonyl (C=O) groups is 1. The van der Waals surface area contributed by atoms with Crippen LogP contribution in [0.2, 0.25) is 0 Å². The number of anilines is 1. The maximum absolute atomic E-state index is 12.5. The monoisotopic (exact) mass is 358 g/mol. The number of benzene rings is 1. The maximum Gasteiger partial charge on any atom is 0.387 e. The fourth-order valence-electron chi connectivity index (χ4n) is 2.46. The van der Waals surface area contributed by atoms with E-state index < -0.39 is 12.6 Å². The third kappa shape index (κ3) is 4.41. The van der Waals surface area contributed by atoms with Crippen molar-refractivity contribution in [2.24, 2.45) is 0 Å². The second-order valence-electron chi connectivity index (χ2n) is 5.34. The first-order chi connectivity index (χ1) is 12.6. The number of urea groups is 1. The molecule has 0 fully saturated rings. The third-order valence-corrected chi connectivity index (χ3v) is 3.59. The van der Waals surface area contributed by atoms with Gasteiger partial charge in [0.2, 0.25) is 0 Å². The summed E-state index contributed by atoms with van der Waals surface area (Å²) in [6.07, 6.45) is 3.76. The number of alkyl halides is 2. The number of carbonyl (C=O) groups excluding carboxylic acids is 1. The zero-order valence-electron chi connectivity index (χ0n) is 13.7. The van der Waals surface area contributed by atoms with Crippen LogP contribution in [-0.4, -0.2) is 29.2 Å². The van der Waals surface area contributed by atoms with Crippen molar-refractivity contribution in [2.45, 2.75) is 13.0 Å². The van der Waals surface area contributed by atoms with Crippen LogP contribution in [-0.2, 0) is 6.42 Å². The molecule has 0 unspecified atom stereocenters. The Labute approximate surface area is 148 Å². The van der Waals surface area contributed by atoms with E-state index in [-0.39, 0.29) is 11.3 Å². The van der Waals surface area contributed by atoms with Gasteiger partial charge in [-0.1, -0.05) is 6.07 Å². The van der Waals surface area contributed by atoms with E-state index in [0.29, 0.717) is 24.0 Å². The van der Waals surface area contributed by atoms with Crippen LogP contribution in [0.5, 0.6) is 5.75 Å². The Bertz CT molecular complexity index is 891. The number of aromatic nitrogens is 2. The number of ether oxygens (including phenoxy) is 1. The Balaban J connectivity index is 1.67. The average Bonchev–Trinajstić information content (AvgIpc) is 2.64. The molecule has 3 aromatic rings. The van der Waals surface area contributed by atoms with Crippen LogP contribution in [0, 0.1) is 0 Å². The average molecular weight is 358 g/mol. The fourth-order valence-corrected chi connectivity index (χ4v) is 2.46. The van der Waals surface area contributed by atoms with Gasteiger partial charge in [-0.2, -0.15) is 8.78 Å². The van der Waals surface area contributed by atoms with E-state index in [1.165, 1.54) is 18.3 Å². The second-order valence-corrected chi connectivity index (χ2v) is 5.34. The lowest BCUT2D eigenvalue weighted by Gasteiger charge is -2.12. The van der Waals surface area contributed by atoms with Gasteiger partial charge in [0.25, 0.3) is 0 Å². The topological polar surface area (TPSA) is 76.1 Å². The molecule has 0 radical (unpaired) electrons. The highest BCUT2D eigenvalue weighted by molar-refractivity contribution is 6.02. The Kier molecular flexibility index (Phi) is 5.52. The van der Waals surface area contributed by atoms with Crippen molar-refractivity contribution in [3.8, 4) is 5.75 Å². The molecule has 2 amide bonds. The van der Waals surface area contributed by atoms with Crippen molar-refractivity contribution in [1.82, 2.24) is 15.3 Å². The molecule has 3 rings (SSSR count). The summed E-state index contributed by atoms with van der Waals surface area (Å²) < 4.78 is 29.5. The molecule has 0 atom stereocenters. The molecule has 26 heavy (non-hydrogen) atoms. The van der Waals surface area contributed by atoms with Gasteiger partial charge < -0.3 is 15.4 Å². The first-order valence-electron chi connectivity index (χ1n) is 7.91. The molecule has 2 N–H and O–H groups in total. The fraction of sp³-hybridized carbons (Fsp3) is 0.167. The molecule has 0 aliphatic rings. The Hall–Kier alpha value is -3.29. The second kappa shape index (κ2) is 8.19. The molecule has 2 heterocycles. The van der Waals surface area contributed by atoms with E-state index in [1.54, 1.807) is 18.3 Å². The zero-order chi connectivity index (χ0) is 18.4. The highest BCUT2D eigenvalue weighted by atomic mass is 19.3. The normalized spacial score (nSPS) is 10.7. The number of pyridine rings is 2. The summed E-state index contributed by atoms with van der Waals surface area (Å²) in [4.78, 5) is 20.3. The van der Waals surface area contributed by atoms with Crippen LogP contribution in [0.4, 0.5) is 19.3 Å². The Morgan fingerprint density at radius 3 is 2.69 bits per heavy atom. The molecule has 8 heteroatoms. The quantitative estimate of drug-likeness (QED) is 0.706. The number of nitrogens with zero attached hydrogens (tertiary/aromatic N) is 2. The number of hydrogen-bond acceptors (Lipinski definition) is 4. The van der Waals surface area contributed by atoms with Gasteiger partial charge >= 0.3 is 12.6 Å². The van der Waals surface area contributed by atoms with E-state index in [9.17, 15) is 13.6 Å². The standard InChI is InChI=1S/C18H16F2N4O2/c19-17(20)26-15-7-6-14(13-5-3-10-22-16(13)15)24-18(25)23-11-8-12-4-1-2-9-21-12/h1-7,9-10,17H,8,11H2,(H2,23,24,25). The number of halogens is 2. The van der Waals surface area contributed by atoms with Crippen molar-refractivity contribution in [3.05, 3.63) is 60.6 Å². The van der Waals surface area contributed by atoms with Crippen molar-refractivity contribution in [1.29, 1.82) is 0 Å². The van der Waals surface area contributed by atoms with Crippen molar-refractivity contribution < 1.29 is 18.3 Å². The van der Waals surface area contributed by atoms with Gasteiger partial charge in [0.05, 0.1) is 5.69 Å². The molecule has 2 aromatic heterocycles. The van der Waals surface area contributed by atoms with Crippen molar-refractivity contribution in [2.75, 3.05) is 11.9 Å². The maximum atomic E-state index is 12.5. The molecular weight excluding hydrogens is 342 g/mol. The minimum atomic E-state index is -2.95. The molecule has 0 saturated carbocycles. The molecule has 0 spiro atoms. The number of hydrogen-bond donors (Lipinski definition) is 2. The lowest BCUT2D eigenvalue weighted by atomic mass is 10.1. The number of rotatable bonds is 6. The van der Waals surface area contributed by atoms with E-state index in [2.05, 4.69) is 25.3 Å². The van der Waals surface area contributed by atoms with Gasteiger partial charge in [0.1, 0.15) is 5.52 Å². The predicted octanol–water partition coefficient (Wildman–Crippen LogP) is 3.60. The summed E-state index contributed by atoms with van der Waals surface area (Å²) in [5.41, 5.74) is 1.57. The molecule has 0 aliphatic heterocycles. The van der Waals surface area contributed by atoms with Crippen LogP contribution < -0.4 is 15.4 Å². The summed E-state index contributed by atoms with van der Waals surface area (Å²) in [5.74, 6) is -0.0447. The first-order valence-corrected chi connectivity index (χ1v) is 7.91. The van der Waals surface area contributed by atoms with Crippen LogP contribution in [0.3, 0.4) is 0 Å². The minimum absolute atomic E-state index is 0.0447. The number of amides is 2. The number of nitrogens with one attached hydrogen (secondary N) is 2. The number of fused-ring (bicyclic) bond motifs is 1. The highest BCUT2D eigenvalue weighted by Gasteiger charge is 2.13. The largest absolute Gasteiger partial charge is 0.432 e. The zero-order valence-corrected chi connectivity index (χ0v) is 13.7. The molecular formula is C18H16F2N4O2. The molecule has 1 aromatic carbocycles. The summed E-state index contributed by atoms with van der Waals surface area (Å²) in [6.45, 7) is -2.54. The minimum Gasteiger partial charge on any atom is -0.432 e. The first kappa shape index (κ1) is 17.5. The lowest BCUT2D eigenvalue weighted by Crippen LogP contribution is -2.30. The van der Waals surface area contributed by atoms with E-state index in [1.807, 2.05) is 18.2 Å². The van der Waals surface area contributed by atoms with E-state index in [4.69, 9.17) is 0 Å². The SMILES string of the molecule is O=C(NCCc1ccccn1)Nc1ccc(OC(F)F)c2ncccc12. The smallest absolute Gasteiger partial charge is 0.387 e. The Morgan fingerprint density at radius 2 is 1.92 bits per heavy atom. The molecule has 0 bridgehead atoms. The Morgan fingerprint density at radius 1 is 1.08 bits per heavy atom. The van der Waals surface area contributed by atoms with E-state index in [0.717, 1.165) is 5.69 Å². The molecule has 6 nitrogen and oxygen atoms in total. The summed E-state index contributed by atoms with van der Waals surface area (Å²) in [7, 11) is 0. The highest BCUT2D eigenvalue weighted by Crippen LogP contribution is 2.30. The van der Waals surface area contributed by atoms with Gasteiger partial charge in [-0.3, -0.25) is 9.97 Å². The van der Waals surface area contributed by atoms with Crippen LogP contribution in [0.1, 0.15) is 5.69 Å². The van der Waals surface area contributed by atoms with Gasteiger partial charge in [-0.25, -0.2) is 4.79 Å². The molecule has 134 valence electrons. The lowest BCUT2D eigenvalue weighted by molar-refractivity contribution is -0.0489. The van der Waals surface area contributed by atoms with Crippen LogP contribution in [0.25, 0.3) is 10.9 Å². The van der Waals surface area contributed by atoms with E-state index >= 15 is 0 Å². The summed E-state index contributed by atoms with van der Waals surface area (Å²) in [6, 6.07) is 11.3. The predicted molar refractivity (Wildman–Crippen MR) is 93.3 cm³/mol. The molecule has 0 saturated heterocycles. The molecule has 0 aliphatic carbocycles. The van der Waals surface area contributed by atoms with Gasteiger partial charge in [-0.15, -0.1) is 0 Å². The third-order valence-electron chi connectivity index (χ3n) is 3.59. The van der Waals surface area contributed by atoms with Gasteiger partial charge in [0.15, 0.2) is 5.75 Å². The van der Waals surface area contributed by atoms with Gasteiger partial charge in [0, 0.05) is 36.4 Å².